The average Bonchev–Trinajstić information content (AvgIpc) is 2.77. The van der Waals surface area contributed by atoms with Crippen molar-refractivity contribution in [3.63, 3.8) is 0 Å². The zero-order valence-corrected chi connectivity index (χ0v) is 10.3. The lowest BCUT2D eigenvalue weighted by Crippen LogP contribution is -2.43. The van der Waals surface area contributed by atoms with Crippen molar-refractivity contribution in [1.29, 1.82) is 0 Å². The first-order valence-electron chi connectivity index (χ1n) is 6.04. The highest BCUT2D eigenvalue weighted by Gasteiger charge is 2.28. The number of amides is 1. The fourth-order valence-corrected chi connectivity index (χ4v) is 2.27. The Balaban J connectivity index is 2.09. The summed E-state index contributed by atoms with van der Waals surface area (Å²) in [7, 11) is 1.84. The number of oxazole rings is 1. The molecule has 2 rings (SSSR count). The summed E-state index contributed by atoms with van der Waals surface area (Å²) in [5, 5.41) is 3.09. The number of rotatable bonds is 3. The Morgan fingerprint density at radius 3 is 3.06 bits per heavy atom. The molecule has 5 heteroatoms. The number of carbonyl (C=O) groups is 1. The van der Waals surface area contributed by atoms with Crippen molar-refractivity contribution in [3.8, 4) is 0 Å². The lowest BCUT2D eigenvalue weighted by atomic mass is 10.0. The topological polar surface area (TPSA) is 58.4 Å². The number of hydrogen-bond acceptors (Lipinski definition) is 4. The van der Waals surface area contributed by atoms with Crippen LogP contribution in [0.15, 0.2) is 17.1 Å². The van der Waals surface area contributed by atoms with E-state index in [1.165, 1.54) is 6.39 Å². The summed E-state index contributed by atoms with van der Waals surface area (Å²) < 4.78 is 4.94. The molecule has 2 heterocycles. The van der Waals surface area contributed by atoms with E-state index in [9.17, 15) is 4.79 Å². The third-order valence-electron chi connectivity index (χ3n) is 3.27. The SMILES string of the molecule is CNC1CCC(C)CN(Cc2cocn2)C1=O. The van der Waals surface area contributed by atoms with Gasteiger partial charge >= 0.3 is 0 Å². The van der Waals surface area contributed by atoms with Gasteiger partial charge in [-0.1, -0.05) is 6.92 Å². The van der Waals surface area contributed by atoms with Crippen molar-refractivity contribution in [1.82, 2.24) is 15.2 Å². The van der Waals surface area contributed by atoms with E-state index >= 15 is 0 Å². The summed E-state index contributed by atoms with van der Waals surface area (Å²) in [6, 6.07) is -0.0631. The molecule has 1 amide bonds. The maximum atomic E-state index is 12.3. The van der Waals surface area contributed by atoms with Crippen LogP contribution < -0.4 is 5.32 Å². The van der Waals surface area contributed by atoms with Gasteiger partial charge in [-0.15, -0.1) is 0 Å². The fraction of sp³-hybridized carbons (Fsp3) is 0.667. The Bertz CT molecular complexity index is 364. The van der Waals surface area contributed by atoms with E-state index in [0.29, 0.717) is 12.5 Å². The molecule has 0 saturated carbocycles. The molecular weight excluding hydrogens is 218 g/mol. The smallest absolute Gasteiger partial charge is 0.240 e. The van der Waals surface area contributed by atoms with Crippen LogP contribution in [0.3, 0.4) is 0 Å². The highest BCUT2D eigenvalue weighted by Crippen LogP contribution is 2.18. The molecule has 1 fully saturated rings. The van der Waals surface area contributed by atoms with Gasteiger partial charge in [0.2, 0.25) is 5.91 Å². The fourth-order valence-electron chi connectivity index (χ4n) is 2.27. The number of carbonyl (C=O) groups excluding carboxylic acids is 1. The molecule has 17 heavy (non-hydrogen) atoms. The van der Waals surface area contributed by atoms with Crippen LogP contribution in [0.1, 0.15) is 25.5 Å². The largest absolute Gasteiger partial charge is 0.451 e. The minimum atomic E-state index is -0.0631. The quantitative estimate of drug-likeness (QED) is 0.852. The number of hydrogen-bond donors (Lipinski definition) is 1. The van der Waals surface area contributed by atoms with E-state index in [0.717, 1.165) is 25.1 Å². The Kier molecular flexibility index (Phi) is 3.78. The number of nitrogens with zero attached hydrogens (tertiary/aromatic N) is 2. The second-order valence-corrected chi connectivity index (χ2v) is 4.72. The summed E-state index contributed by atoms with van der Waals surface area (Å²) >= 11 is 0. The van der Waals surface area contributed by atoms with Crippen molar-refractivity contribution in [2.24, 2.45) is 5.92 Å². The van der Waals surface area contributed by atoms with E-state index in [1.54, 1.807) is 6.26 Å². The summed E-state index contributed by atoms with van der Waals surface area (Å²) in [4.78, 5) is 18.2. The average molecular weight is 237 g/mol. The minimum absolute atomic E-state index is 0.0631. The van der Waals surface area contributed by atoms with Crippen LogP contribution in [0, 0.1) is 5.92 Å². The minimum Gasteiger partial charge on any atom is -0.451 e. The van der Waals surface area contributed by atoms with Gasteiger partial charge in [0.15, 0.2) is 6.39 Å². The summed E-state index contributed by atoms with van der Waals surface area (Å²) in [6.07, 6.45) is 4.98. The van der Waals surface area contributed by atoms with Gasteiger partial charge in [-0.2, -0.15) is 0 Å². The molecule has 1 aliphatic heterocycles. The van der Waals surface area contributed by atoms with Gasteiger partial charge in [0.05, 0.1) is 18.3 Å². The molecule has 0 spiro atoms. The zero-order valence-electron chi connectivity index (χ0n) is 10.3. The first kappa shape index (κ1) is 12.1. The van der Waals surface area contributed by atoms with Crippen LogP contribution in [0.4, 0.5) is 0 Å². The predicted molar refractivity (Wildman–Crippen MR) is 63.2 cm³/mol. The number of nitrogens with one attached hydrogen (secondary N) is 1. The van der Waals surface area contributed by atoms with Crippen LogP contribution >= 0.6 is 0 Å². The predicted octanol–water partition coefficient (Wildman–Crippen LogP) is 1.02. The molecule has 1 aromatic heterocycles. The molecule has 0 bridgehead atoms. The molecule has 2 unspecified atom stereocenters. The molecule has 1 N–H and O–H groups in total. The van der Waals surface area contributed by atoms with Crippen molar-refractivity contribution >= 4 is 5.91 Å². The first-order chi connectivity index (χ1) is 8.20. The molecule has 1 saturated heterocycles. The molecule has 0 radical (unpaired) electrons. The molecule has 0 aromatic carbocycles. The van der Waals surface area contributed by atoms with E-state index in [1.807, 2.05) is 11.9 Å². The van der Waals surface area contributed by atoms with Crippen molar-refractivity contribution in [2.75, 3.05) is 13.6 Å². The van der Waals surface area contributed by atoms with E-state index in [2.05, 4.69) is 17.2 Å². The lowest BCUT2D eigenvalue weighted by molar-refractivity contribution is -0.133. The van der Waals surface area contributed by atoms with Crippen molar-refractivity contribution in [3.05, 3.63) is 18.4 Å². The standard InChI is InChI=1S/C12H19N3O2/c1-9-3-4-11(13-2)12(16)15(5-9)6-10-7-17-8-14-10/h7-9,11,13H,3-6H2,1-2H3. The molecule has 5 nitrogen and oxygen atoms in total. The monoisotopic (exact) mass is 237 g/mol. The van der Waals surface area contributed by atoms with Crippen LogP contribution in [0.2, 0.25) is 0 Å². The van der Waals surface area contributed by atoms with Gasteiger partial charge in [0.1, 0.15) is 6.26 Å². The highest BCUT2D eigenvalue weighted by atomic mass is 16.3. The van der Waals surface area contributed by atoms with Crippen LogP contribution in [0.5, 0.6) is 0 Å². The van der Waals surface area contributed by atoms with Crippen molar-refractivity contribution in [2.45, 2.75) is 32.4 Å². The summed E-state index contributed by atoms with van der Waals surface area (Å²) in [5.74, 6) is 0.698. The highest BCUT2D eigenvalue weighted by molar-refractivity contribution is 5.82. The Hall–Kier alpha value is -1.36. The van der Waals surface area contributed by atoms with Gasteiger partial charge in [-0.05, 0) is 25.8 Å². The lowest BCUT2D eigenvalue weighted by Gasteiger charge is -2.24. The second kappa shape index (κ2) is 5.31. The molecule has 1 aromatic rings. The summed E-state index contributed by atoms with van der Waals surface area (Å²) in [6.45, 7) is 3.52. The van der Waals surface area contributed by atoms with Crippen LogP contribution in [-0.4, -0.2) is 35.4 Å². The Labute approximate surface area is 101 Å². The van der Waals surface area contributed by atoms with Crippen molar-refractivity contribution < 1.29 is 9.21 Å². The molecule has 0 aliphatic carbocycles. The molecular formula is C12H19N3O2. The van der Waals surface area contributed by atoms with Crippen LogP contribution in [-0.2, 0) is 11.3 Å². The molecule has 2 atom stereocenters. The number of aromatic nitrogens is 1. The zero-order chi connectivity index (χ0) is 12.3. The van der Waals surface area contributed by atoms with Gasteiger partial charge < -0.3 is 14.6 Å². The Morgan fingerprint density at radius 1 is 1.59 bits per heavy atom. The Morgan fingerprint density at radius 2 is 2.41 bits per heavy atom. The third kappa shape index (κ3) is 2.85. The molecule has 1 aliphatic rings. The van der Waals surface area contributed by atoms with E-state index < -0.39 is 0 Å². The van der Waals surface area contributed by atoms with Gasteiger partial charge in [0.25, 0.3) is 0 Å². The maximum Gasteiger partial charge on any atom is 0.240 e. The third-order valence-corrected chi connectivity index (χ3v) is 3.27. The van der Waals surface area contributed by atoms with Gasteiger partial charge in [-0.25, -0.2) is 4.98 Å². The van der Waals surface area contributed by atoms with Gasteiger partial charge in [-0.3, -0.25) is 4.79 Å². The summed E-state index contributed by atoms with van der Waals surface area (Å²) in [5.41, 5.74) is 0.808. The van der Waals surface area contributed by atoms with E-state index in [-0.39, 0.29) is 11.9 Å². The normalized spacial score (nSPS) is 26.0. The number of likely N-dealkylation sites (N-methyl/N-ethyl adjacent to an activating group) is 1. The second-order valence-electron chi connectivity index (χ2n) is 4.72. The maximum absolute atomic E-state index is 12.3. The molecule has 94 valence electrons. The van der Waals surface area contributed by atoms with Crippen LogP contribution in [0.25, 0.3) is 0 Å². The van der Waals surface area contributed by atoms with E-state index in [4.69, 9.17) is 4.42 Å². The van der Waals surface area contributed by atoms with Gasteiger partial charge in [0, 0.05) is 6.54 Å². The number of likely N-dealkylation sites (tertiary alicyclic amines) is 1. The first-order valence-corrected chi connectivity index (χ1v) is 6.04.